The number of halogens is 4. The monoisotopic (exact) mass is 384 g/mol. The van der Waals surface area contributed by atoms with E-state index in [0.717, 1.165) is 6.92 Å². The van der Waals surface area contributed by atoms with Crippen LogP contribution in [0.4, 0.5) is 13.2 Å². The molecule has 0 fully saturated rings. The Kier molecular flexibility index (Phi) is 6.60. The SMILES string of the molecule is CCC[CH2][Sn]([Cl])([O]C(C)=O)[O]C(=O)C(F)(F)F. The van der Waals surface area contributed by atoms with Crippen LogP contribution in [0.25, 0.3) is 0 Å². The topological polar surface area (TPSA) is 52.6 Å². The van der Waals surface area contributed by atoms with E-state index in [9.17, 15) is 22.8 Å². The van der Waals surface area contributed by atoms with Crippen LogP contribution in [0.3, 0.4) is 0 Å². The Labute approximate surface area is 105 Å². The molecule has 0 heterocycles. The molecule has 1 atom stereocenters. The second-order valence-corrected chi connectivity index (χ2v) is 13.5. The first-order chi connectivity index (χ1) is 7.60. The Morgan fingerprint density at radius 2 is 1.82 bits per heavy atom. The van der Waals surface area contributed by atoms with Gasteiger partial charge in [-0.3, -0.25) is 0 Å². The number of carbonyl (C=O) groups is 2. The molecule has 0 N–H and O–H groups in total. The summed E-state index contributed by atoms with van der Waals surface area (Å²) in [7, 11) is 5.74. The zero-order valence-corrected chi connectivity index (χ0v) is 12.9. The molecule has 0 rings (SSSR count). The molecule has 0 aliphatic carbocycles. The number of unbranched alkanes of at least 4 members (excludes halogenated alkanes) is 1. The molecule has 0 saturated carbocycles. The average molecular weight is 383 g/mol. The predicted molar refractivity (Wildman–Crippen MR) is 55.2 cm³/mol. The van der Waals surface area contributed by atoms with E-state index in [1.165, 1.54) is 0 Å². The molecule has 0 aliphatic rings. The van der Waals surface area contributed by atoms with Gasteiger partial charge in [0.25, 0.3) is 0 Å². The molecule has 0 saturated heterocycles. The van der Waals surface area contributed by atoms with Crippen molar-refractivity contribution >= 4 is 38.9 Å². The Bertz CT molecular complexity index is 297. The maximum absolute atomic E-state index is 12.0. The van der Waals surface area contributed by atoms with Crippen LogP contribution in [0, 0.1) is 0 Å². The van der Waals surface area contributed by atoms with Crippen LogP contribution >= 0.6 is 8.92 Å². The Morgan fingerprint density at radius 1 is 1.29 bits per heavy atom. The molecule has 0 aromatic heterocycles. The van der Waals surface area contributed by atoms with Gasteiger partial charge in [0.05, 0.1) is 0 Å². The van der Waals surface area contributed by atoms with Gasteiger partial charge in [0.1, 0.15) is 0 Å². The second kappa shape index (κ2) is 6.67. The number of rotatable bonds is 5. The van der Waals surface area contributed by atoms with Gasteiger partial charge in [0, 0.05) is 0 Å². The van der Waals surface area contributed by atoms with E-state index in [0.29, 0.717) is 12.8 Å². The number of carbonyl (C=O) groups excluding carboxylic acids is 2. The van der Waals surface area contributed by atoms with Crippen molar-refractivity contribution in [2.45, 2.75) is 37.3 Å². The van der Waals surface area contributed by atoms with Crippen molar-refractivity contribution in [3.63, 3.8) is 0 Å². The van der Waals surface area contributed by atoms with Crippen LogP contribution in [-0.4, -0.2) is 36.2 Å². The summed E-state index contributed by atoms with van der Waals surface area (Å²) in [5, 5.41) is 0. The zero-order valence-electron chi connectivity index (χ0n) is 9.27. The van der Waals surface area contributed by atoms with Gasteiger partial charge in [0.2, 0.25) is 0 Å². The molecular formula is C8H12ClF3O4Sn. The number of hydrogen-bond donors (Lipinski definition) is 0. The van der Waals surface area contributed by atoms with Crippen molar-refractivity contribution < 1.29 is 28.9 Å². The third-order valence-electron chi connectivity index (χ3n) is 1.60. The second-order valence-electron chi connectivity index (χ2n) is 3.24. The summed E-state index contributed by atoms with van der Waals surface area (Å²) in [4.78, 5) is 21.4. The van der Waals surface area contributed by atoms with Crippen molar-refractivity contribution in [1.82, 2.24) is 0 Å². The minimum absolute atomic E-state index is 0.00582. The van der Waals surface area contributed by atoms with Crippen molar-refractivity contribution in [3.05, 3.63) is 0 Å². The fourth-order valence-electron chi connectivity index (χ4n) is 0.922. The summed E-state index contributed by atoms with van der Waals surface area (Å²) >= 11 is -4.75. The third-order valence-corrected chi connectivity index (χ3v) is 9.71. The Balaban J connectivity index is 4.69. The van der Waals surface area contributed by atoms with Gasteiger partial charge in [-0.15, -0.1) is 0 Å². The van der Waals surface area contributed by atoms with Gasteiger partial charge in [0.15, 0.2) is 0 Å². The molecule has 1 unspecified atom stereocenters. The van der Waals surface area contributed by atoms with E-state index in [2.05, 4.69) is 6.15 Å². The summed E-state index contributed by atoms with van der Waals surface area (Å²) in [6, 6.07) is 0. The molecule has 0 aliphatic heterocycles. The van der Waals surface area contributed by atoms with Crippen molar-refractivity contribution in [2.24, 2.45) is 0 Å². The van der Waals surface area contributed by atoms with Crippen molar-refractivity contribution in [3.8, 4) is 0 Å². The van der Waals surface area contributed by atoms with E-state index in [-0.39, 0.29) is 4.44 Å². The van der Waals surface area contributed by atoms with Crippen LogP contribution in [0.15, 0.2) is 0 Å². The minimum atomic E-state index is -5.14. The summed E-state index contributed by atoms with van der Waals surface area (Å²) in [5.74, 6) is -3.25. The van der Waals surface area contributed by atoms with Crippen LogP contribution in [0.1, 0.15) is 26.7 Å². The van der Waals surface area contributed by atoms with Crippen LogP contribution in [0.2, 0.25) is 4.44 Å². The van der Waals surface area contributed by atoms with Crippen molar-refractivity contribution in [2.75, 3.05) is 0 Å². The van der Waals surface area contributed by atoms with E-state index >= 15 is 0 Å². The Hall–Kier alpha value is -0.181. The number of alkyl halides is 3. The van der Waals surface area contributed by atoms with Gasteiger partial charge in [-0.05, 0) is 0 Å². The molecule has 0 radical (unpaired) electrons. The van der Waals surface area contributed by atoms with E-state index in [4.69, 9.17) is 8.92 Å². The van der Waals surface area contributed by atoms with E-state index < -0.39 is 36.2 Å². The third kappa shape index (κ3) is 6.97. The number of hydrogen-bond acceptors (Lipinski definition) is 4. The molecule has 100 valence electrons. The quantitative estimate of drug-likeness (QED) is 0.685. The fraction of sp³-hybridized carbons (Fsp3) is 0.750. The molecule has 0 amide bonds. The van der Waals surface area contributed by atoms with E-state index in [1.54, 1.807) is 6.92 Å². The molecule has 17 heavy (non-hydrogen) atoms. The van der Waals surface area contributed by atoms with Crippen LogP contribution in [0.5, 0.6) is 0 Å². The van der Waals surface area contributed by atoms with Gasteiger partial charge in [-0.25, -0.2) is 0 Å². The van der Waals surface area contributed by atoms with E-state index in [1.807, 2.05) is 0 Å². The first kappa shape index (κ1) is 16.8. The molecular weight excluding hydrogens is 371 g/mol. The molecule has 9 heteroatoms. The Morgan fingerprint density at radius 3 is 2.18 bits per heavy atom. The molecule has 4 nitrogen and oxygen atoms in total. The normalized spacial score (nSPS) is 14.9. The van der Waals surface area contributed by atoms with Gasteiger partial charge >= 0.3 is 105 Å². The van der Waals surface area contributed by atoms with Gasteiger partial charge in [-0.2, -0.15) is 0 Å². The van der Waals surface area contributed by atoms with Crippen molar-refractivity contribution in [1.29, 1.82) is 0 Å². The first-order valence-electron chi connectivity index (χ1n) is 4.79. The summed E-state index contributed by atoms with van der Waals surface area (Å²) in [5.41, 5.74) is 0. The summed E-state index contributed by atoms with van der Waals surface area (Å²) in [6.07, 6.45) is -4.07. The molecule has 0 spiro atoms. The average Bonchev–Trinajstić information content (AvgIpc) is 2.11. The molecule has 0 aromatic carbocycles. The van der Waals surface area contributed by atoms with Gasteiger partial charge in [-0.1, -0.05) is 0 Å². The summed E-state index contributed by atoms with van der Waals surface area (Å²) < 4.78 is 44.8. The molecule has 0 aromatic rings. The molecule has 0 bridgehead atoms. The first-order valence-corrected chi connectivity index (χ1v) is 12.8. The predicted octanol–water partition coefficient (Wildman–Crippen LogP) is 2.63. The zero-order chi connectivity index (χ0) is 13.7. The summed E-state index contributed by atoms with van der Waals surface area (Å²) in [6.45, 7) is 2.78. The standard InChI is InChI=1S/C4H9.C2HF3O2.C2H4O2.ClH.Sn/c1-3-4-2;3-2(4,5)1(6)7;1-2(3)4;;/h1,3-4H2,2H3;(H,6,7);1H3,(H,3,4);1H;/q;;;;+3/p-3. The van der Waals surface area contributed by atoms with Crippen LogP contribution in [-0.2, 0) is 15.7 Å². The van der Waals surface area contributed by atoms with Crippen LogP contribution < -0.4 is 0 Å². The van der Waals surface area contributed by atoms with Gasteiger partial charge < -0.3 is 0 Å². The maximum atomic E-state index is 12.0. The fourth-order valence-corrected chi connectivity index (χ4v) is 8.28.